The average Bonchev–Trinajstić information content (AvgIpc) is 2.83. The van der Waals surface area contributed by atoms with Crippen LogP contribution in [-0.4, -0.2) is 80.1 Å². The van der Waals surface area contributed by atoms with Crippen molar-refractivity contribution < 1.29 is 69.4 Å². The van der Waals surface area contributed by atoms with E-state index in [-0.39, 0.29) is 17.1 Å². The van der Waals surface area contributed by atoms with E-state index in [1.54, 1.807) is 12.1 Å². The quantitative estimate of drug-likeness (QED) is 0.172. The molecular formula is C22H34F6FeN6O6S2+3. The van der Waals surface area contributed by atoms with E-state index in [4.69, 9.17) is 41.4 Å². The molecule has 2 rings (SSSR count). The van der Waals surface area contributed by atoms with Crippen LogP contribution in [0.1, 0.15) is 64.0 Å². The van der Waals surface area contributed by atoms with Crippen LogP contribution in [0.4, 0.5) is 26.3 Å². The SMILES string of the molecule is CC#N.CC#N.C[C@@H]1NCCCN(C)CCCN[C@H](C)c2cccc1n2.O=S(=O)([O-])C(F)(F)F.O=S(=O)([O-])C(F)(F)F.[Fe+5]. The standard InChI is InChI=1S/C16H28N4.2C2H3N.2CHF3O3S.Fe/c1-13-15-7-4-8-16(19-15)14(2)18-10-6-12-20(3)11-5-9-17-13;2*1-2-3;2*2-1(3,4)8(5,6)7;/h4,7-8,13-14,17-18H,5-6,9-12H2,1-3H3;2*1H3;2*(H,5,6,7);/q;;;;;+5/p-2/t13-,14+;;;;;. The number of pyridine rings is 1. The Morgan fingerprint density at radius 1 is 0.837 bits per heavy atom. The molecule has 21 heteroatoms. The Morgan fingerprint density at radius 2 is 1.09 bits per heavy atom. The molecule has 1 aromatic heterocycles. The number of hydrogen-bond donors (Lipinski definition) is 2. The molecule has 0 fully saturated rings. The normalized spacial score (nSPS) is 18.1. The van der Waals surface area contributed by atoms with Gasteiger partial charge in [0, 0.05) is 25.9 Å². The second kappa shape index (κ2) is 23.3. The molecule has 2 N–H and O–H groups in total. The summed E-state index contributed by atoms with van der Waals surface area (Å²) < 4.78 is 118. The monoisotopic (exact) mass is 712 g/mol. The molecule has 12 nitrogen and oxygen atoms in total. The van der Waals surface area contributed by atoms with Crippen LogP contribution >= 0.6 is 0 Å². The number of rotatable bonds is 0. The minimum Gasteiger partial charge on any atom is -0.741 e. The van der Waals surface area contributed by atoms with Crippen LogP contribution in [0.2, 0.25) is 0 Å². The van der Waals surface area contributed by atoms with Crippen LogP contribution in [0.15, 0.2) is 18.2 Å². The third-order valence-corrected chi connectivity index (χ3v) is 5.71. The van der Waals surface area contributed by atoms with E-state index in [0.29, 0.717) is 12.1 Å². The molecule has 43 heavy (non-hydrogen) atoms. The number of nitrogens with one attached hydrogen (secondary N) is 2. The van der Waals surface area contributed by atoms with Gasteiger partial charge in [0.05, 0.1) is 23.5 Å². The van der Waals surface area contributed by atoms with Gasteiger partial charge in [0.2, 0.25) is 0 Å². The summed E-state index contributed by atoms with van der Waals surface area (Å²) in [6.07, 6.45) is 2.37. The molecule has 0 saturated carbocycles. The van der Waals surface area contributed by atoms with Gasteiger partial charge in [-0.2, -0.15) is 36.9 Å². The Balaban J connectivity index is -0.000000276. The molecule has 0 saturated heterocycles. The van der Waals surface area contributed by atoms with E-state index < -0.39 is 31.3 Å². The maximum Gasteiger partial charge on any atom is 5.00 e. The van der Waals surface area contributed by atoms with Gasteiger partial charge in [0.25, 0.3) is 0 Å². The maximum atomic E-state index is 10.7. The van der Waals surface area contributed by atoms with E-state index >= 15 is 0 Å². The molecule has 1 aliphatic heterocycles. The smallest absolute Gasteiger partial charge is 0.741 e. The predicted octanol–water partition coefficient (Wildman–Crippen LogP) is 3.27. The van der Waals surface area contributed by atoms with Crippen molar-refractivity contribution in [3.63, 3.8) is 0 Å². The molecule has 2 atom stereocenters. The first kappa shape index (κ1) is 47.8. The molecule has 0 amide bonds. The minimum absolute atomic E-state index is 0. The average molecular weight is 713 g/mol. The van der Waals surface area contributed by atoms with Crippen LogP contribution in [0.3, 0.4) is 0 Å². The zero-order valence-electron chi connectivity index (χ0n) is 23.8. The summed E-state index contributed by atoms with van der Waals surface area (Å²) in [5, 5.41) is 21.8. The van der Waals surface area contributed by atoms with Gasteiger partial charge in [0.15, 0.2) is 20.2 Å². The second-order valence-corrected chi connectivity index (χ2v) is 10.8. The zero-order chi connectivity index (χ0) is 33.8. The van der Waals surface area contributed by atoms with E-state index in [2.05, 4.69) is 54.6 Å². The molecule has 0 unspecified atom stereocenters. The zero-order valence-corrected chi connectivity index (χ0v) is 26.5. The van der Waals surface area contributed by atoms with Gasteiger partial charge in [-0.3, -0.25) is 4.98 Å². The molecule has 2 bridgehead atoms. The van der Waals surface area contributed by atoms with Gasteiger partial charge in [0.1, 0.15) is 0 Å². The first-order valence-electron chi connectivity index (χ1n) is 11.8. The molecule has 1 radical (unpaired) electrons. The molecule has 1 aromatic rings. The Labute approximate surface area is 258 Å². The summed E-state index contributed by atoms with van der Waals surface area (Å²) >= 11 is 0. The first-order chi connectivity index (χ1) is 19.0. The largest absolute Gasteiger partial charge is 5.00 e. The topological polar surface area (TPSA) is 202 Å². The van der Waals surface area contributed by atoms with Crippen molar-refractivity contribution in [2.45, 2.75) is 63.6 Å². The van der Waals surface area contributed by atoms with E-state index in [0.717, 1.165) is 37.6 Å². The Morgan fingerprint density at radius 3 is 1.33 bits per heavy atom. The summed E-state index contributed by atoms with van der Waals surface area (Å²) in [4.78, 5) is 7.22. The van der Waals surface area contributed by atoms with Crippen LogP contribution in [0.25, 0.3) is 0 Å². The molecule has 1 aliphatic rings. The number of nitrogens with zero attached hydrogens (tertiary/aromatic N) is 4. The predicted molar refractivity (Wildman–Crippen MR) is 138 cm³/mol. The van der Waals surface area contributed by atoms with Gasteiger partial charge in [-0.05, 0) is 72.0 Å². The summed E-state index contributed by atoms with van der Waals surface area (Å²) in [5.41, 5.74) is -9.01. The van der Waals surface area contributed by atoms with Crippen LogP contribution < -0.4 is 10.6 Å². The molecular weight excluding hydrogens is 678 g/mol. The fraction of sp³-hybridized carbons (Fsp3) is 0.682. The van der Waals surface area contributed by atoms with E-state index in [1.165, 1.54) is 26.7 Å². The number of alkyl halides is 6. The third kappa shape index (κ3) is 25.0. The van der Waals surface area contributed by atoms with Crippen molar-refractivity contribution in [1.29, 1.82) is 10.5 Å². The van der Waals surface area contributed by atoms with Crippen LogP contribution in [-0.2, 0) is 37.3 Å². The van der Waals surface area contributed by atoms with Gasteiger partial charge >= 0.3 is 28.1 Å². The van der Waals surface area contributed by atoms with Crippen LogP contribution in [0.5, 0.6) is 0 Å². The van der Waals surface area contributed by atoms with Gasteiger partial charge in [-0.15, -0.1) is 0 Å². The number of nitriles is 2. The maximum absolute atomic E-state index is 10.7. The summed E-state index contributed by atoms with van der Waals surface area (Å²) in [5.74, 6) is 0. The van der Waals surface area contributed by atoms with Crippen molar-refractivity contribution in [3.05, 3.63) is 29.6 Å². The summed E-state index contributed by atoms with van der Waals surface area (Å²) in [6, 6.07) is 10.5. The van der Waals surface area contributed by atoms with E-state index in [1.807, 2.05) is 0 Å². The molecule has 0 aromatic carbocycles. The fourth-order valence-electron chi connectivity index (χ4n) is 2.61. The molecule has 0 spiro atoms. The molecule has 247 valence electrons. The number of fused-ring (bicyclic) bond motifs is 2. The van der Waals surface area contributed by atoms with Crippen molar-refractivity contribution in [2.75, 3.05) is 33.2 Å². The number of aromatic nitrogens is 1. The van der Waals surface area contributed by atoms with Crippen molar-refractivity contribution >= 4 is 20.2 Å². The Bertz CT molecular complexity index is 1110. The molecule has 0 aliphatic carbocycles. The van der Waals surface area contributed by atoms with Crippen molar-refractivity contribution in [2.24, 2.45) is 0 Å². The van der Waals surface area contributed by atoms with Crippen molar-refractivity contribution in [1.82, 2.24) is 20.5 Å². The first-order valence-corrected chi connectivity index (χ1v) is 14.6. The van der Waals surface area contributed by atoms with E-state index in [9.17, 15) is 26.3 Å². The third-order valence-electron chi connectivity index (χ3n) is 4.58. The summed E-state index contributed by atoms with van der Waals surface area (Å²) in [7, 11) is -9.97. The fourth-order valence-corrected chi connectivity index (χ4v) is 2.61. The minimum atomic E-state index is -6.09. The molecule has 2 heterocycles. The van der Waals surface area contributed by atoms with Gasteiger partial charge in [-0.25, -0.2) is 16.8 Å². The van der Waals surface area contributed by atoms with Gasteiger partial charge in [-0.1, -0.05) is 6.07 Å². The number of halogens is 6. The number of hydrogen-bond acceptors (Lipinski definition) is 12. The Kier molecular flexibility index (Phi) is 26.0. The van der Waals surface area contributed by atoms with Gasteiger partial charge < -0.3 is 24.6 Å². The summed E-state index contributed by atoms with van der Waals surface area (Å²) in [6.45, 7) is 11.7. The Hall–Kier alpha value is -2.07. The second-order valence-electron chi connectivity index (χ2n) is 8.10. The van der Waals surface area contributed by atoms with Crippen LogP contribution in [0, 0.1) is 22.7 Å². The van der Waals surface area contributed by atoms with Crippen molar-refractivity contribution in [3.8, 4) is 12.1 Å².